The number of esters is 1. The Balaban J connectivity index is 0. The van der Waals surface area contributed by atoms with E-state index in [0.29, 0.717) is 6.61 Å². The summed E-state index contributed by atoms with van der Waals surface area (Å²) in [6.07, 6.45) is 13.0. The second kappa shape index (κ2) is 21.9. The third kappa shape index (κ3) is 23.7. The molecule has 0 spiro atoms. The molecule has 0 fully saturated rings. The fourth-order valence-corrected chi connectivity index (χ4v) is 1.91. The quantitative estimate of drug-likeness (QED) is 0.208. The van der Waals surface area contributed by atoms with Crippen molar-refractivity contribution in [1.29, 1.82) is 0 Å². The van der Waals surface area contributed by atoms with E-state index in [1.165, 1.54) is 57.8 Å². The summed E-state index contributed by atoms with van der Waals surface area (Å²) in [6.45, 7) is 2.82. The Morgan fingerprint density at radius 2 is 1.30 bits per heavy atom. The maximum absolute atomic E-state index is 10.8. The number of thiol groups is 1. The normalized spacial score (nSPS) is 9.80. The van der Waals surface area contributed by atoms with Gasteiger partial charge in [0.25, 0.3) is 0 Å². The van der Waals surface area contributed by atoms with E-state index in [2.05, 4.69) is 29.4 Å². The van der Waals surface area contributed by atoms with Crippen LogP contribution >= 0.6 is 12.6 Å². The zero-order valence-corrected chi connectivity index (χ0v) is 17.5. The van der Waals surface area contributed by atoms with Gasteiger partial charge >= 0.3 is 37.0 Å². The van der Waals surface area contributed by atoms with Gasteiger partial charge in [0.2, 0.25) is 0 Å². The van der Waals surface area contributed by atoms with E-state index < -0.39 is 0 Å². The predicted molar refractivity (Wildman–Crippen MR) is 94.1 cm³/mol. The first-order valence-corrected chi connectivity index (χ1v) is 14.4. The molecule has 0 aromatic heterocycles. The van der Waals surface area contributed by atoms with Crippen molar-refractivity contribution in [3.8, 4) is 0 Å². The summed E-state index contributed by atoms with van der Waals surface area (Å²) in [7, 11) is 0. The van der Waals surface area contributed by atoms with E-state index in [1.54, 1.807) is 0 Å². The first-order valence-electron chi connectivity index (χ1n) is 8.07. The van der Waals surface area contributed by atoms with Crippen LogP contribution in [0.4, 0.5) is 0 Å². The molecular formula is C16H34O2SSn. The van der Waals surface area contributed by atoms with Gasteiger partial charge in [-0.15, -0.1) is 0 Å². The average molecular weight is 409 g/mol. The number of ether oxygens (including phenoxy) is 1. The molecule has 4 heteroatoms. The number of rotatable bonds is 12. The van der Waals surface area contributed by atoms with Gasteiger partial charge in [0, 0.05) is 0 Å². The molecule has 0 saturated carbocycles. The zero-order valence-electron chi connectivity index (χ0n) is 13.7. The molecule has 2 radical (unpaired) electrons. The molecule has 0 aromatic carbocycles. The van der Waals surface area contributed by atoms with Crippen LogP contribution in [0.5, 0.6) is 0 Å². The van der Waals surface area contributed by atoms with Gasteiger partial charge in [0.15, 0.2) is 0 Å². The summed E-state index contributed by atoms with van der Waals surface area (Å²) in [6, 6.07) is 0. The van der Waals surface area contributed by atoms with E-state index >= 15 is 0 Å². The molecule has 20 heavy (non-hydrogen) atoms. The van der Waals surface area contributed by atoms with E-state index in [4.69, 9.17) is 4.74 Å². The second-order valence-electron chi connectivity index (χ2n) is 5.06. The maximum atomic E-state index is 10.8. The zero-order chi connectivity index (χ0) is 15.5. The van der Waals surface area contributed by atoms with Crippen molar-refractivity contribution in [3.05, 3.63) is 0 Å². The molecule has 0 heterocycles. The molecule has 0 unspecified atom stereocenters. The first kappa shape index (κ1) is 22.9. The predicted octanol–water partition coefficient (Wildman–Crippen LogP) is 5.17. The van der Waals surface area contributed by atoms with Crippen LogP contribution in [0.25, 0.3) is 0 Å². The molecule has 0 aliphatic heterocycles. The van der Waals surface area contributed by atoms with Crippen molar-refractivity contribution in [2.75, 3.05) is 12.4 Å². The Bertz CT molecular complexity index is 189. The molecule has 120 valence electrons. The number of hydrogen-bond acceptors (Lipinski definition) is 3. The van der Waals surface area contributed by atoms with Crippen molar-refractivity contribution in [1.82, 2.24) is 0 Å². The summed E-state index contributed by atoms with van der Waals surface area (Å²) in [5.74, 6) is -0.0122. The number of carbonyl (C=O) groups excluding carboxylic acids is 1. The van der Waals surface area contributed by atoms with Crippen molar-refractivity contribution in [2.45, 2.75) is 81.0 Å². The van der Waals surface area contributed by atoms with Crippen LogP contribution in [0.1, 0.15) is 71.1 Å². The molecular weight excluding hydrogens is 375 g/mol. The van der Waals surface area contributed by atoms with Crippen LogP contribution < -0.4 is 0 Å². The van der Waals surface area contributed by atoms with Crippen LogP contribution in [0, 0.1) is 0 Å². The Hall–Kier alpha value is 0.619. The third-order valence-corrected chi connectivity index (χ3v) is 3.15. The molecule has 0 saturated heterocycles. The Labute approximate surface area is 142 Å². The van der Waals surface area contributed by atoms with Crippen molar-refractivity contribution in [3.63, 3.8) is 0 Å². The van der Waals surface area contributed by atoms with Gasteiger partial charge in [-0.3, -0.25) is 4.79 Å². The summed E-state index contributed by atoms with van der Waals surface area (Å²) in [5.41, 5.74) is 0. The summed E-state index contributed by atoms with van der Waals surface area (Å²) in [5, 5.41) is 0. The second-order valence-corrected chi connectivity index (χ2v) is 8.23. The number of carbonyl (C=O) groups is 1. The molecule has 2 nitrogen and oxygen atoms in total. The molecule has 0 aliphatic rings. The minimum absolute atomic E-state index is 0.192. The molecule has 0 bridgehead atoms. The Kier molecular flexibility index (Phi) is 25.1. The molecule has 0 aromatic rings. The summed E-state index contributed by atoms with van der Waals surface area (Å²) in [4.78, 5) is 15.4. The fraction of sp³-hybridized carbons (Fsp3) is 0.938. The molecule has 0 amide bonds. The molecule has 0 atom stereocenters. The number of hydrogen-bond donors (Lipinski definition) is 1. The fourth-order valence-electron chi connectivity index (χ4n) is 1.82. The van der Waals surface area contributed by atoms with Crippen LogP contribution in [0.2, 0.25) is 9.88 Å². The van der Waals surface area contributed by atoms with Gasteiger partial charge < -0.3 is 4.74 Å². The van der Waals surface area contributed by atoms with Crippen LogP contribution in [-0.4, -0.2) is 39.5 Å². The van der Waals surface area contributed by atoms with Gasteiger partial charge in [-0.2, -0.15) is 12.6 Å². The van der Waals surface area contributed by atoms with Crippen molar-refractivity contribution < 1.29 is 9.53 Å². The van der Waals surface area contributed by atoms with Gasteiger partial charge in [-0.05, 0) is 6.42 Å². The van der Waals surface area contributed by atoms with Crippen LogP contribution in [-0.2, 0) is 9.53 Å². The standard InChI is InChI=1S/C14H28O2S.2CH3.Sn/c1-2-3-4-5-6-7-8-9-10-11-12-16-14(15)13-17;;;/h17H,2-13H2,1H3;2*1H3;. The molecule has 0 N–H and O–H groups in total. The topological polar surface area (TPSA) is 26.3 Å². The Morgan fingerprint density at radius 3 is 1.70 bits per heavy atom. The van der Waals surface area contributed by atoms with E-state index in [-0.39, 0.29) is 32.9 Å². The molecule has 0 rings (SSSR count). The van der Waals surface area contributed by atoms with E-state index in [1.807, 2.05) is 0 Å². The molecule has 0 aliphatic carbocycles. The van der Waals surface area contributed by atoms with Gasteiger partial charge in [-0.25, -0.2) is 0 Å². The van der Waals surface area contributed by atoms with E-state index in [0.717, 1.165) is 6.42 Å². The average Bonchev–Trinajstić information content (AvgIpc) is 2.45. The van der Waals surface area contributed by atoms with Crippen LogP contribution in [0.15, 0.2) is 0 Å². The van der Waals surface area contributed by atoms with Gasteiger partial charge in [0.1, 0.15) is 0 Å². The SMILES string of the molecule is CCCCCCCCCCCCOC(=O)CS.[CH3][Sn][CH3]. The third-order valence-electron chi connectivity index (χ3n) is 2.89. The first-order chi connectivity index (χ1) is 9.72. The van der Waals surface area contributed by atoms with Crippen molar-refractivity contribution in [2.24, 2.45) is 0 Å². The summed E-state index contributed by atoms with van der Waals surface area (Å²) >= 11 is 4.08. The van der Waals surface area contributed by atoms with Crippen molar-refractivity contribution >= 4 is 39.7 Å². The minimum atomic E-state index is -0.204. The monoisotopic (exact) mass is 410 g/mol. The van der Waals surface area contributed by atoms with Gasteiger partial charge in [0.05, 0.1) is 12.4 Å². The van der Waals surface area contributed by atoms with Crippen LogP contribution in [0.3, 0.4) is 0 Å². The van der Waals surface area contributed by atoms with Gasteiger partial charge in [-0.1, -0.05) is 64.7 Å². The Morgan fingerprint density at radius 1 is 0.900 bits per heavy atom. The number of unbranched alkanes of at least 4 members (excludes halogenated alkanes) is 9. The summed E-state index contributed by atoms with van der Waals surface area (Å²) < 4.78 is 4.95. The van der Waals surface area contributed by atoms with E-state index in [9.17, 15) is 4.79 Å².